The van der Waals surface area contributed by atoms with Gasteiger partial charge in [0.05, 0.1) is 18.2 Å². The number of nitrogens with zero attached hydrogens (tertiary/aromatic N) is 3. The van der Waals surface area contributed by atoms with E-state index in [0.717, 1.165) is 31.4 Å². The zero-order chi connectivity index (χ0) is 12.3. The number of aryl methyl sites for hydroxylation is 1. The van der Waals surface area contributed by atoms with Gasteiger partial charge in [-0.25, -0.2) is 0 Å². The second-order valence-electron chi connectivity index (χ2n) is 4.98. The normalized spacial score (nSPS) is 24.4. The Morgan fingerprint density at radius 2 is 2.53 bits per heavy atom. The molecule has 1 unspecified atom stereocenters. The van der Waals surface area contributed by atoms with E-state index in [1.165, 1.54) is 0 Å². The van der Waals surface area contributed by atoms with Crippen molar-refractivity contribution in [3.63, 3.8) is 0 Å². The standard InChI is InChI=1S/C12H19N3O2/c1-14(6-11-5-13-15(2)7-11)8-12(9-16)3-4-17-10-12/h5,7,9H,3-4,6,8,10H2,1-2H3. The Balaban J connectivity index is 1.92. The molecule has 0 saturated carbocycles. The third-order valence-corrected chi connectivity index (χ3v) is 3.18. The predicted molar refractivity (Wildman–Crippen MR) is 63.5 cm³/mol. The van der Waals surface area contributed by atoms with Gasteiger partial charge in [0.1, 0.15) is 6.29 Å². The number of ether oxygens (including phenoxy) is 1. The van der Waals surface area contributed by atoms with Crippen LogP contribution in [0.15, 0.2) is 12.4 Å². The smallest absolute Gasteiger partial charge is 0.129 e. The van der Waals surface area contributed by atoms with Crippen molar-refractivity contribution < 1.29 is 9.53 Å². The maximum Gasteiger partial charge on any atom is 0.129 e. The molecule has 2 rings (SSSR count). The van der Waals surface area contributed by atoms with Crippen LogP contribution in [0.25, 0.3) is 0 Å². The summed E-state index contributed by atoms with van der Waals surface area (Å²) in [5.74, 6) is 0. The fourth-order valence-corrected chi connectivity index (χ4v) is 2.34. The molecule has 1 aromatic heterocycles. The van der Waals surface area contributed by atoms with Crippen molar-refractivity contribution in [2.24, 2.45) is 12.5 Å². The monoisotopic (exact) mass is 237 g/mol. The van der Waals surface area contributed by atoms with Gasteiger partial charge in [0.15, 0.2) is 0 Å². The van der Waals surface area contributed by atoms with Gasteiger partial charge in [-0.05, 0) is 13.5 Å². The molecule has 17 heavy (non-hydrogen) atoms. The molecule has 1 aromatic rings. The van der Waals surface area contributed by atoms with Gasteiger partial charge in [0.25, 0.3) is 0 Å². The summed E-state index contributed by atoms with van der Waals surface area (Å²) in [4.78, 5) is 13.4. The molecule has 0 amide bonds. The molecule has 94 valence electrons. The lowest BCUT2D eigenvalue weighted by atomic mass is 9.88. The Morgan fingerprint density at radius 1 is 1.71 bits per heavy atom. The molecular weight excluding hydrogens is 218 g/mol. The van der Waals surface area contributed by atoms with Crippen LogP contribution in [0.2, 0.25) is 0 Å². The van der Waals surface area contributed by atoms with Crippen LogP contribution in [0.3, 0.4) is 0 Å². The molecule has 0 aliphatic carbocycles. The van der Waals surface area contributed by atoms with Gasteiger partial charge in [-0.15, -0.1) is 0 Å². The first-order chi connectivity index (χ1) is 8.13. The average molecular weight is 237 g/mol. The first kappa shape index (κ1) is 12.3. The molecule has 2 heterocycles. The third kappa shape index (κ3) is 2.92. The molecule has 0 radical (unpaired) electrons. The van der Waals surface area contributed by atoms with Crippen molar-refractivity contribution in [1.82, 2.24) is 14.7 Å². The first-order valence-electron chi connectivity index (χ1n) is 5.84. The minimum Gasteiger partial charge on any atom is -0.380 e. The van der Waals surface area contributed by atoms with Crippen LogP contribution in [0.1, 0.15) is 12.0 Å². The summed E-state index contributed by atoms with van der Waals surface area (Å²) in [5.41, 5.74) is 0.853. The number of hydrogen-bond donors (Lipinski definition) is 0. The molecule has 1 atom stereocenters. The van der Waals surface area contributed by atoms with E-state index in [9.17, 15) is 4.79 Å². The van der Waals surface area contributed by atoms with E-state index in [1.807, 2.05) is 26.5 Å². The quantitative estimate of drug-likeness (QED) is 0.698. The van der Waals surface area contributed by atoms with Gasteiger partial charge >= 0.3 is 0 Å². The highest BCUT2D eigenvalue weighted by Crippen LogP contribution is 2.27. The first-order valence-corrected chi connectivity index (χ1v) is 5.84. The molecule has 5 heteroatoms. The van der Waals surface area contributed by atoms with Gasteiger partial charge in [0.2, 0.25) is 0 Å². The minimum atomic E-state index is -0.309. The summed E-state index contributed by atoms with van der Waals surface area (Å²) in [6.07, 6.45) is 5.73. The highest BCUT2D eigenvalue weighted by molar-refractivity contribution is 5.60. The van der Waals surface area contributed by atoms with E-state index in [0.29, 0.717) is 13.2 Å². The number of carbonyl (C=O) groups is 1. The molecule has 0 aromatic carbocycles. The second kappa shape index (κ2) is 4.98. The lowest BCUT2D eigenvalue weighted by molar-refractivity contribution is -0.117. The summed E-state index contributed by atoms with van der Waals surface area (Å²) < 4.78 is 7.12. The number of rotatable bonds is 5. The van der Waals surface area contributed by atoms with Crippen LogP contribution in [-0.4, -0.2) is 47.8 Å². The molecule has 0 spiro atoms. The van der Waals surface area contributed by atoms with Gasteiger partial charge in [-0.1, -0.05) is 0 Å². The van der Waals surface area contributed by atoms with Crippen LogP contribution >= 0.6 is 0 Å². The van der Waals surface area contributed by atoms with E-state index in [4.69, 9.17) is 4.74 Å². The summed E-state index contributed by atoms with van der Waals surface area (Å²) in [6, 6.07) is 0. The Kier molecular flexibility index (Phi) is 3.59. The fraction of sp³-hybridized carbons (Fsp3) is 0.667. The SMILES string of the molecule is CN(Cc1cnn(C)c1)CC1(C=O)CCOC1. The van der Waals surface area contributed by atoms with Crippen molar-refractivity contribution in [2.45, 2.75) is 13.0 Å². The van der Waals surface area contributed by atoms with Crippen molar-refractivity contribution in [3.05, 3.63) is 18.0 Å². The molecule has 1 aliphatic heterocycles. The Morgan fingerprint density at radius 3 is 3.06 bits per heavy atom. The summed E-state index contributed by atoms with van der Waals surface area (Å²) in [5, 5.41) is 4.13. The summed E-state index contributed by atoms with van der Waals surface area (Å²) in [7, 11) is 3.93. The van der Waals surface area contributed by atoms with E-state index in [2.05, 4.69) is 10.00 Å². The highest BCUT2D eigenvalue weighted by Gasteiger charge is 2.35. The third-order valence-electron chi connectivity index (χ3n) is 3.18. The maximum absolute atomic E-state index is 11.2. The molecule has 5 nitrogen and oxygen atoms in total. The Labute approximate surface area is 101 Å². The lowest BCUT2D eigenvalue weighted by Crippen LogP contribution is -2.37. The van der Waals surface area contributed by atoms with Gasteiger partial charge in [-0.3, -0.25) is 4.68 Å². The van der Waals surface area contributed by atoms with E-state index in [1.54, 1.807) is 4.68 Å². The van der Waals surface area contributed by atoms with Crippen LogP contribution in [0.5, 0.6) is 0 Å². The Hall–Kier alpha value is -1.20. The maximum atomic E-state index is 11.2. The van der Waals surface area contributed by atoms with Crippen LogP contribution < -0.4 is 0 Å². The van der Waals surface area contributed by atoms with Gasteiger partial charge in [0, 0.05) is 38.5 Å². The van der Waals surface area contributed by atoms with E-state index < -0.39 is 0 Å². The van der Waals surface area contributed by atoms with Crippen molar-refractivity contribution in [2.75, 3.05) is 26.8 Å². The van der Waals surface area contributed by atoms with Crippen LogP contribution in [0, 0.1) is 5.41 Å². The molecular formula is C12H19N3O2. The van der Waals surface area contributed by atoms with Crippen molar-refractivity contribution in [1.29, 1.82) is 0 Å². The molecule has 1 aliphatic rings. The van der Waals surface area contributed by atoms with Crippen LogP contribution in [-0.2, 0) is 23.1 Å². The number of carbonyl (C=O) groups excluding carboxylic acids is 1. The number of aromatic nitrogens is 2. The minimum absolute atomic E-state index is 0.309. The number of aldehydes is 1. The summed E-state index contributed by atoms with van der Waals surface area (Å²) in [6.45, 7) is 2.79. The molecule has 1 saturated heterocycles. The lowest BCUT2D eigenvalue weighted by Gasteiger charge is -2.26. The highest BCUT2D eigenvalue weighted by atomic mass is 16.5. The predicted octanol–water partition coefficient (Wildman–Crippen LogP) is 0.457. The molecule has 0 bridgehead atoms. The van der Waals surface area contributed by atoms with Crippen molar-refractivity contribution >= 4 is 6.29 Å². The number of hydrogen-bond acceptors (Lipinski definition) is 4. The zero-order valence-corrected chi connectivity index (χ0v) is 10.4. The molecule has 0 N–H and O–H groups in total. The summed E-state index contributed by atoms with van der Waals surface area (Å²) >= 11 is 0. The zero-order valence-electron chi connectivity index (χ0n) is 10.4. The van der Waals surface area contributed by atoms with E-state index in [-0.39, 0.29) is 5.41 Å². The van der Waals surface area contributed by atoms with E-state index >= 15 is 0 Å². The topological polar surface area (TPSA) is 47.4 Å². The second-order valence-corrected chi connectivity index (χ2v) is 4.98. The molecule has 1 fully saturated rings. The fourth-order valence-electron chi connectivity index (χ4n) is 2.34. The largest absolute Gasteiger partial charge is 0.380 e. The Bertz CT molecular complexity index is 383. The van der Waals surface area contributed by atoms with Crippen molar-refractivity contribution in [3.8, 4) is 0 Å². The van der Waals surface area contributed by atoms with Gasteiger partial charge < -0.3 is 14.4 Å². The average Bonchev–Trinajstić information content (AvgIpc) is 2.89. The van der Waals surface area contributed by atoms with Gasteiger partial charge in [-0.2, -0.15) is 5.10 Å². The van der Waals surface area contributed by atoms with Crippen LogP contribution in [0.4, 0.5) is 0 Å².